The number of carbonyl (C=O) groups excluding carboxylic acids is 1. The summed E-state index contributed by atoms with van der Waals surface area (Å²) in [6, 6.07) is 11.6. The minimum absolute atomic E-state index is 0.0386. The van der Waals surface area contributed by atoms with Crippen LogP contribution < -0.4 is 4.90 Å². The summed E-state index contributed by atoms with van der Waals surface area (Å²) in [4.78, 5) is 29.4. The van der Waals surface area contributed by atoms with Crippen molar-refractivity contribution in [2.24, 2.45) is 0 Å². The first-order valence-corrected chi connectivity index (χ1v) is 8.22. The number of amides is 1. The van der Waals surface area contributed by atoms with Crippen molar-refractivity contribution in [1.29, 1.82) is 0 Å². The number of hydrogen-bond donors (Lipinski definition) is 0. The zero-order valence-electron chi connectivity index (χ0n) is 13.7. The Morgan fingerprint density at radius 2 is 1.60 bits per heavy atom. The van der Waals surface area contributed by atoms with Crippen molar-refractivity contribution in [3.63, 3.8) is 0 Å². The van der Waals surface area contributed by atoms with Gasteiger partial charge in [-0.25, -0.2) is 15.0 Å². The normalized spacial score (nSPS) is 14.6. The Morgan fingerprint density at radius 1 is 0.880 bits per heavy atom. The molecule has 25 heavy (non-hydrogen) atoms. The second kappa shape index (κ2) is 6.72. The van der Waals surface area contributed by atoms with Crippen LogP contribution in [-0.2, 0) is 0 Å². The van der Waals surface area contributed by atoms with Gasteiger partial charge in [0, 0.05) is 50.5 Å². The molecule has 1 aromatic carbocycles. The maximum absolute atomic E-state index is 12.7. The summed E-state index contributed by atoms with van der Waals surface area (Å²) in [5.41, 5.74) is 1.45. The molecule has 0 atom stereocenters. The topological polar surface area (TPSA) is 67.2 Å². The first-order chi connectivity index (χ1) is 12.3. The molecule has 126 valence electrons. The van der Waals surface area contributed by atoms with Crippen molar-refractivity contribution in [2.45, 2.75) is 0 Å². The lowest BCUT2D eigenvalue weighted by atomic mass is 10.3. The van der Waals surface area contributed by atoms with Gasteiger partial charge in [0.25, 0.3) is 5.91 Å². The van der Waals surface area contributed by atoms with Gasteiger partial charge in [0.2, 0.25) is 5.95 Å². The molecular formula is C18H18N6O. The molecule has 2 aromatic heterocycles. The van der Waals surface area contributed by atoms with Gasteiger partial charge in [-0.15, -0.1) is 0 Å². The number of rotatable bonds is 3. The lowest BCUT2D eigenvalue weighted by Gasteiger charge is -2.34. The molecule has 1 aliphatic rings. The van der Waals surface area contributed by atoms with E-state index in [1.54, 1.807) is 31.0 Å². The molecule has 3 aromatic rings. The number of nitrogens with zero attached hydrogens (tertiary/aromatic N) is 6. The zero-order chi connectivity index (χ0) is 17.1. The van der Waals surface area contributed by atoms with Crippen molar-refractivity contribution >= 4 is 11.9 Å². The van der Waals surface area contributed by atoms with E-state index in [0.717, 1.165) is 18.8 Å². The second-order valence-corrected chi connectivity index (χ2v) is 5.83. The standard InChI is InChI=1S/C18H18N6O/c25-17(16-13-24(14-21-16)15-5-2-1-3-6-15)22-9-11-23(12-10-22)18-19-7-4-8-20-18/h1-8,13-14H,9-12H2. The molecular weight excluding hydrogens is 316 g/mol. The minimum Gasteiger partial charge on any atom is -0.337 e. The number of imidazole rings is 1. The van der Waals surface area contributed by atoms with Crippen LogP contribution in [0.3, 0.4) is 0 Å². The van der Waals surface area contributed by atoms with Gasteiger partial charge in [0.05, 0.1) is 0 Å². The van der Waals surface area contributed by atoms with Crippen LogP contribution in [0.1, 0.15) is 10.5 Å². The maximum atomic E-state index is 12.7. The van der Waals surface area contributed by atoms with Crippen LogP contribution in [0.25, 0.3) is 5.69 Å². The van der Waals surface area contributed by atoms with Gasteiger partial charge in [-0.2, -0.15) is 0 Å². The number of hydrogen-bond acceptors (Lipinski definition) is 5. The molecule has 1 saturated heterocycles. The van der Waals surface area contributed by atoms with E-state index in [1.807, 2.05) is 39.8 Å². The molecule has 1 fully saturated rings. The fraction of sp³-hybridized carbons (Fsp3) is 0.222. The van der Waals surface area contributed by atoms with Crippen molar-refractivity contribution in [1.82, 2.24) is 24.4 Å². The average Bonchev–Trinajstić information content (AvgIpc) is 3.19. The van der Waals surface area contributed by atoms with E-state index in [9.17, 15) is 4.79 Å². The smallest absolute Gasteiger partial charge is 0.274 e. The molecule has 0 N–H and O–H groups in total. The second-order valence-electron chi connectivity index (χ2n) is 5.83. The monoisotopic (exact) mass is 334 g/mol. The minimum atomic E-state index is -0.0386. The van der Waals surface area contributed by atoms with Crippen molar-refractivity contribution in [3.8, 4) is 5.69 Å². The van der Waals surface area contributed by atoms with Gasteiger partial charge >= 0.3 is 0 Å². The molecule has 0 aliphatic carbocycles. The Hall–Kier alpha value is -3.22. The third-order valence-electron chi connectivity index (χ3n) is 4.26. The molecule has 7 heteroatoms. The van der Waals surface area contributed by atoms with E-state index in [0.29, 0.717) is 24.7 Å². The molecule has 0 saturated carbocycles. The van der Waals surface area contributed by atoms with E-state index in [4.69, 9.17) is 0 Å². The fourth-order valence-corrected chi connectivity index (χ4v) is 2.90. The number of anilines is 1. The van der Waals surface area contributed by atoms with Crippen molar-refractivity contribution < 1.29 is 4.79 Å². The summed E-state index contributed by atoms with van der Waals surface area (Å²) >= 11 is 0. The SMILES string of the molecule is O=C(c1cn(-c2ccccc2)cn1)N1CCN(c2ncccn2)CC1. The first kappa shape index (κ1) is 15.3. The summed E-state index contributed by atoms with van der Waals surface area (Å²) < 4.78 is 1.86. The molecule has 3 heterocycles. The lowest BCUT2D eigenvalue weighted by Crippen LogP contribution is -2.49. The molecule has 0 spiro atoms. The third-order valence-corrected chi connectivity index (χ3v) is 4.26. The fourth-order valence-electron chi connectivity index (χ4n) is 2.90. The third kappa shape index (κ3) is 3.21. The van der Waals surface area contributed by atoms with Crippen LogP contribution in [0.15, 0.2) is 61.3 Å². The van der Waals surface area contributed by atoms with E-state index >= 15 is 0 Å². The number of para-hydroxylation sites is 1. The maximum Gasteiger partial charge on any atom is 0.274 e. The van der Waals surface area contributed by atoms with E-state index in [-0.39, 0.29) is 5.91 Å². The predicted molar refractivity (Wildman–Crippen MR) is 93.7 cm³/mol. The highest BCUT2D eigenvalue weighted by molar-refractivity contribution is 5.92. The Balaban J connectivity index is 1.42. The van der Waals surface area contributed by atoms with Crippen LogP contribution in [0.5, 0.6) is 0 Å². The van der Waals surface area contributed by atoms with Crippen LogP contribution >= 0.6 is 0 Å². The van der Waals surface area contributed by atoms with Crippen molar-refractivity contribution in [3.05, 3.63) is 67.0 Å². The summed E-state index contributed by atoms with van der Waals surface area (Å²) in [5.74, 6) is 0.672. The quantitative estimate of drug-likeness (QED) is 0.728. The van der Waals surface area contributed by atoms with E-state index in [1.165, 1.54) is 0 Å². The average molecular weight is 334 g/mol. The van der Waals surface area contributed by atoms with Crippen LogP contribution in [0.2, 0.25) is 0 Å². The highest BCUT2D eigenvalue weighted by Gasteiger charge is 2.24. The number of carbonyl (C=O) groups is 1. The predicted octanol–water partition coefficient (Wildman–Crippen LogP) is 1.62. The van der Waals surface area contributed by atoms with Gasteiger partial charge in [-0.05, 0) is 18.2 Å². The first-order valence-electron chi connectivity index (χ1n) is 8.22. The summed E-state index contributed by atoms with van der Waals surface area (Å²) in [6.45, 7) is 2.70. The summed E-state index contributed by atoms with van der Waals surface area (Å²) in [5, 5.41) is 0. The molecule has 0 bridgehead atoms. The molecule has 7 nitrogen and oxygen atoms in total. The van der Waals surface area contributed by atoms with Crippen LogP contribution in [0.4, 0.5) is 5.95 Å². The number of benzene rings is 1. The Labute approximate surface area is 145 Å². The van der Waals surface area contributed by atoms with E-state index in [2.05, 4.69) is 19.9 Å². The van der Waals surface area contributed by atoms with Crippen LogP contribution in [0, 0.1) is 0 Å². The van der Waals surface area contributed by atoms with E-state index < -0.39 is 0 Å². The van der Waals surface area contributed by atoms with Gasteiger partial charge in [-0.1, -0.05) is 18.2 Å². The largest absolute Gasteiger partial charge is 0.337 e. The zero-order valence-corrected chi connectivity index (χ0v) is 13.7. The van der Waals surface area contributed by atoms with Crippen molar-refractivity contribution in [2.75, 3.05) is 31.1 Å². The summed E-state index contributed by atoms with van der Waals surface area (Å²) in [7, 11) is 0. The molecule has 0 unspecified atom stereocenters. The lowest BCUT2D eigenvalue weighted by molar-refractivity contribution is 0.0741. The molecule has 1 amide bonds. The number of aromatic nitrogens is 4. The Morgan fingerprint density at radius 3 is 2.32 bits per heavy atom. The summed E-state index contributed by atoms with van der Waals surface area (Å²) in [6.07, 6.45) is 6.92. The van der Waals surface area contributed by atoms with Gasteiger partial charge in [0.1, 0.15) is 12.0 Å². The van der Waals surface area contributed by atoms with Gasteiger partial charge in [-0.3, -0.25) is 4.79 Å². The Kier molecular flexibility index (Phi) is 4.12. The number of piperazine rings is 1. The highest BCUT2D eigenvalue weighted by atomic mass is 16.2. The van der Waals surface area contributed by atoms with Gasteiger partial charge in [0.15, 0.2) is 0 Å². The highest BCUT2D eigenvalue weighted by Crippen LogP contribution is 2.13. The molecule has 4 rings (SSSR count). The van der Waals surface area contributed by atoms with Gasteiger partial charge < -0.3 is 14.4 Å². The molecule has 1 aliphatic heterocycles. The Bertz CT molecular complexity index is 840. The van der Waals surface area contributed by atoms with Crippen LogP contribution in [-0.4, -0.2) is 56.5 Å². The molecule has 0 radical (unpaired) electrons.